The number of benzene rings is 1. The zero-order valence-electron chi connectivity index (χ0n) is 16.1. The van der Waals surface area contributed by atoms with Gasteiger partial charge in [0.25, 0.3) is 11.8 Å². The first kappa shape index (κ1) is 20.2. The van der Waals surface area contributed by atoms with E-state index in [1.807, 2.05) is 6.92 Å². The lowest BCUT2D eigenvalue weighted by molar-refractivity contribution is 0.0939. The van der Waals surface area contributed by atoms with Crippen LogP contribution in [0.15, 0.2) is 42.9 Å². The van der Waals surface area contributed by atoms with Crippen LogP contribution in [0.3, 0.4) is 0 Å². The number of rotatable bonds is 4. The van der Waals surface area contributed by atoms with Crippen LogP contribution in [-0.4, -0.2) is 40.2 Å². The number of hydrogen-bond acceptors (Lipinski definition) is 5. The maximum Gasteiger partial charge on any atom is 0.277 e. The van der Waals surface area contributed by atoms with E-state index in [2.05, 4.69) is 15.4 Å². The molecule has 8 nitrogen and oxygen atoms in total. The van der Waals surface area contributed by atoms with Gasteiger partial charge in [-0.2, -0.15) is 5.10 Å². The molecule has 0 spiro atoms. The standard InChI is InChI=1S/C20H17Cl2N5O3/c1-11-10-26(13-3-4-16(21)17(22)6-13)20(29)18-15(9-24-27(11)18)19(28)25-12-5-14(30-2)8-23-7-12/h3-9,11H,10H2,1-2H3,(H,25,28)/t11-/m0/s1. The van der Waals surface area contributed by atoms with E-state index >= 15 is 0 Å². The van der Waals surface area contributed by atoms with Crippen LogP contribution in [0.5, 0.6) is 5.75 Å². The van der Waals surface area contributed by atoms with Crippen molar-refractivity contribution >= 4 is 46.4 Å². The van der Waals surface area contributed by atoms with Crippen molar-refractivity contribution < 1.29 is 14.3 Å². The van der Waals surface area contributed by atoms with Gasteiger partial charge >= 0.3 is 0 Å². The Bertz CT molecular complexity index is 1150. The highest BCUT2D eigenvalue weighted by atomic mass is 35.5. The van der Waals surface area contributed by atoms with Crippen LogP contribution in [0.25, 0.3) is 0 Å². The maximum absolute atomic E-state index is 13.3. The molecular weight excluding hydrogens is 429 g/mol. The Morgan fingerprint density at radius 3 is 2.73 bits per heavy atom. The SMILES string of the molecule is COc1cncc(NC(=O)c2cnn3c2C(=O)N(c2ccc(Cl)c(Cl)c2)C[C@@H]3C)c1. The summed E-state index contributed by atoms with van der Waals surface area (Å²) in [5.74, 6) is -0.318. The van der Waals surface area contributed by atoms with E-state index < -0.39 is 5.91 Å². The van der Waals surface area contributed by atoms with Gasteiger partial charge in [-0.15, -0.1) is 0 Å². The molecule has 10 heteroatoms. The smallest absolute Gasteiger partial charge is 0.277 e. The summed E-state index contributed by atoms with van der Waals surface area (Å²) in [7, 11) is 1.51. The third-order valence-electron chi connectivity index (χ3n) is 4.77. The van der Waals surface area contributed by atoms with Gasteiger partial charge in [-0.1, -0.05) is 23.2 Å². The number of aromatic nitrogens is 3. The molecule has 0 bridgehead atoms. The van der Waals surface area contributed by atoms with Crippen molar-refractivity contribution in [1.29, 1.82) is 0 Å². The number of methoxy groups -OCH3 is 1. The predicted molar refractivity (Wildman–Crippen MR) is 114 cm³/mol. The Kier molecular flexibility index (Phi) is 5.36. The summed E-state index contributed by atoms with van der Waals surface area (Å²) in [6.07, 6.45) is 4.41. The van der Waals surface area contributed by atoms with Crippen molar-refractivity contribution in [2.75, 3.05) is 23.9 Å². The van der Waals surface area contributed by atoms with Gasteiger partial charge in [0.2, 0.25) is 0 Å². The Morgan fingerprint density at radius 1 is 1.20 bits per heavy atom. The Hall–Kier alpha value is -3.10. The largest absolute Gasteiger partial charge is 0.495 e. The lowest BCUT2D eigenvalue weighted by Crippen LogP contribution is -2.43. The Morgan fingerprint density at radius 2 is 2.00 bits per heavy atom. The molecule has 2 aromatic heterocycles. The number of halogens is 2. The molecule has 1 atom stereocenters. The molecule has 3 heterocycles. The van der Waals surface area contributed by atoms with Crippen LogP contribution < -0.4 is 15.0 Å². The summed E-state index contributed by atoms with van der Waals surface area (Å²) in [4.78, 5) is 31.7. The summed E-state index contributed by atoms with van der Waals surface area (Å²) in [6, 6.07) is 6.46. The second kappa shape index (κ2) is 7.97. The van der Waals surface area contributed by atoms with Crippen molar-refractivity contribution in [2.24, 2.45) is 0 Å². The highest BCUT2D eigenvalue weighted by Gasteiger charge is 2.35. The number of hydrogen-bond donors (Lipinski definition) is 1. The number of fused-ring (bicyclic) bond motifs is 1. The third-order valence-corrected chi connectivity index (χ3v) is 5.51. The number of ether oxygens (including phenoxy) is 1. The van der Waals surface area contributed by atoms with Crippen LogP contribution in [0, 0.1) is 0 Å². The van der Waals surface area contributed by atoms with Crippen molar-refractivity contribution in [2.45, 2.75) is 13.0 Å². The van der Waals surface area contributed by atoms with Crippen molar-refractivity contribution in [1.82, 2.24) is 14.8 Å². The molecule has 2 amide bonds. The molecule has 0 aliphatic carbocycles. The van der Waals surface area contributed by atoms with E-state index in [9.17, 15) is 9.59 Å². The number of nitrogens with one attached hydrogen (secondary N) is 1. The number of amides is 2. The number of pyridine rings is 1. The monoisotopic (exact) mass is 445 g/mol. The molecule has 1 aromatic carbocycles. The average molecular weight is 446 g/mol. The van der Waals surface area contributed by atoms with Crippen molar-refractivity contribution in [3.8, 4) is 5.75 Å². The summed E-state index contributed by atoms with van der Waals surface area (Å²) >= 11 is 12.1. The van der Waals surface area contributed by atoms with Gasteiger partial charge in [0.15, 0.2) is 0 Å². The quantitative estimate of drug-likeness (QED) is 0.653. The average Bonchev–Trinajstić information content (AvgIpc) is 3.19. The second-order valence-electron chi connectivity index (χ2n) is 6.78. The number of nitrogens with zero attached hydrogens (tertiary/aromatic N) is 4. The topological polar surface area (TPSA) is 89.3 Å². The van der Waals surface area contributed by atoms with E-state index in [0.29, 0.717) is 33.7 Å². The molecule has 0 fully saturated rings. The first-order valence-corrected chi connectivity index (χ1v) is 9.79. The molecule has 1 aliphatic rings. The lowest BCUT2D eigenvalue weighted by Gasteiger charge is -2.32. The summed E-state index contributed by atoms with van der Waals surface area (Å²) < 4.78 is 6.68. The predicted octanol–water partition coefficient (Wildman–Crippen LogP) is 4.07. The lowest BCUT2D eigenvalue weighted by atomic mass is 10.1. The van der Waals surface area contributed by atoms with E-state index in [0.717, 1.165) is 0 Å². The maximum atomic E-state index is 13.3. The molecule has 1 aliphatic heterocycles. The molecule has 0 saturated carbocycles. The second-order valence-corrected chi connectivity index (χ2v) is 7.60. The van der Waals surface area contributed by atoms with E-state index in [4.69, 9.17) is 27.9 Å². The van der Waals surface area contributed by atoms with Gasteiger partial charge in [-0.25, -0.2) is 0 Å². The van der Waals surface area contributed by atoms with Crippen molar-refractivity contribution in [3.05, 3.63) is 64.2 Å². The van der Waals surface area contributed by atoms with Crippen molar-refractivity contribution in [3.63, 3.8) is 0 Å². The zero-order chi connectivity index (χ0) is 21.4. The Labute approximate surface area is 182 Å². The molecule has 4 rings (SSSR count). The van der Waals surface area contributed by atoms with Gasteiger partial charge in [0.1, 0.15) is 11.4 Å². The van der Waals surface area contributed by atoms with E-state index in [1.54, 1.807) is 33.8 Å². The first-order valence-electron chi connectivity index (χ1n) is 9.04. The first-order chi connectivity index (χ1) is 14.4. The highest BCUT2D eigenvalue weighted by Crippen LogP contribution is 2.32. The Balaban J connectivity index is 1.67. The highest BCUT2D eigenvalue weighted by molar-refractivity contribution is 6.42. The molecular formula is C20H17Cl2N5O3. The summed E-state index contributed by atoms with van der Waals surface area (Å²) in [5.41, 5.74) is 1.40. The van der Waals surface area contributed by atoms with Gasteiger partial charge in [0.05, 0.1) is 53.0 Å². The van der Waals surface area contributed by atoms with Crippen LogP contribution in [-0.2, 0) is 0 Å². The van der Waals surface area contributed by atoms with Crippen LogP contribution in [0.4, 0.5) is 11.4 Å². The molecule has 30 heavy (non-hydrogen) atoms. The molecule has 0 unspecified atom stereocenters. The number of anilines is 2. The normalized spacial score (nSPS) is 15.7. The van der Waals surface area contributed by atoms with Gasteiger partial charge < -0.3 is 15.0 Å². The fourth-order valence-corrected chi connectivity index (χ4v) is 3.59. The van der Waals surface area contributed by atoms with Gasteiger partial charge in [0, 0.05) is 18.3 Å². The minimum absolute atomic E-state index is 0.146. The summed E-state index contributed by atoms with van der Waals surface area (Å²) in [5, 5.41) is 7.74. The third kappa shape index (κ3) is 3.59. The number of carbonyl (C=O) groups excluding carboxylic acids is 2. The minimum atomic E-state index is -0.470. The minimum Gasteiger partial charge on any atom is -0.495 e. The van der Waals surface area contributed by atoms with Crippen LogP contribution in [0.2, 0.25) is 10.0 Å². The number of carbonyl (C=O) groups is 2. The van der Waals surface area contributed by atoms with Crippen LogP contribution >= 0.6 is 23.2 Å². The van der Waals surface area contributed by atoms with Gasteiger partial charge in [-0.3, -0.25) is 19.3 Å². The molecule has 1 N–H and O–H groups in total. The van der Waals surface area contributed by atoms with E-state index in [1.165, 1.54) is 25.7 Å². The van der Waals surface area contributed by atoms with E-state index in [-0.39, 0.29) is 23.2 Å². The summed E-state index contributed by atoms with van der Waals surface area (Å²) in [6.45, 7) is 2.30. The molecule has 3 aromatic rings. The molecule has 0 radical (unpaired) electrons. The van der Waals surface area contributed by atoms with Crippen LogP contribution in [0.1, 0.15) is 33.8 Å². The fourth-order valence-electron chi connectivity index (χ4n) is 3.30. The van der Waals surface area contributed by atoms with Gasteiger partial charge in [-0.05, 0) is 25.1 Å². The zero-order valence-corrected chi connectivity index (χ0v) is 17.6. The molecule has 0 saturated heterocycles. The molecule has 154 valence electrons. The fraction of sp³-hybridized carbons (Fsp3) is 0.200.